The van der Waals surface area contributed by atoms with Gasteiger partial charge >= 0.3 is 5.97 Å². The summed E-state index contributed by atoms with van der Waals surface area (Å²) in [6.07, 6.45) is 1.07. The van der Waals surface area contributed by atoms with Crippen LogP contribution in [-0.4, -0.2) is 44.0 Å². The number of esters is 1. The van der Waals surface area contributed by atoms with Crippen LogP contribution in [0.4, 0.5) is 5.69 Å². The smallest absolute Gasteiger partial charge is 0.338 e. The first kappa shape index (κ1) is 21.6. The van der Waals surface area contributed by atoms with E-state index in [0.29, 0.717) is 16.8 Å². The highest BCUT2D eigenvalue weighted by atomic mass is 32.2. The van der Waals surface area contributed by atoms with Gasteiger partial charge in [-0.05, 0) is 43.2 Å². The van der Waals surface area contributed by atoms with Crippen molar-refractivity contribution in [3.8, 4) is 0 Å². The minimum atomic E-state index is -3.57. The van der Waals surface area contributed by atoms with Crippen molar-refractivity contribution in [2.75, 3.05) is 24.7 Å². The maximum absolute atomic E-state index is 12.4. The van der Waals surface area contributed by atoms with E-state index >= 15 is 0 Å². The van der Waals surface area contributed by atoms with E-state index in [0.717, 1.165) is 16.1 Å². The molecule has 0 heterocycles. The molecule has 2 aromatic carbocycles. The van der Waals surface area contributed by atoms with Crippen molar-refractivity contribution in [2.45, 2.75) is 20.4 Å². The van der Waals surface area contributed by atoms with Gasteiger partial charge in [0.2, 0.25) is 15.9 Å². The summed E-state index contributed by atoms with van der Waals surface area (Å²) in [5.41, 5.74) is 2.36. The molecule has 0 atom stereocenters. The number of carbonyl (C=O) groups excluding carboxylic acids is 2. The second-order valence-corrected chi connectivity index (χ2v) is 8.30. The summed E-state index contributed by atoms with van der Waals surface area (Å²) in [5, 5.41) is 2.70. The van der Waals surface area contributed by atoms with E-state index < -0.39 is 21.9 Å². The fraction of sp³-hybridized carbons (Fsp3) is 0.300. The summed E-state index contributed by atoms with van der Waals surface area (Å²) in [5.74, 6) is -0.900. The van der Waals surface area contributed by atoms with Crippen LogP contribution in [-0.2, 0) is 26.1 Å². The van der Waals surface area contributed by atoms with Crippen LogP contribution in [0.3, 0.4) is 0 Å². The monoisotopic (exact) mass is 404 g/mol. The molecule has 0 bridgehead atoms. The fourth-order valence-electron chi connectivity index (χ4n) is 2.57. The van der Waals surface area contributed by atoms with Crippen LogP contribution < -0.4 is 5.32 Å². The molecule has 0 aliphatic carbocycles. The van der Waals surface area contributed by atoms with Crippen molar-refractivity contribution in [2.24, 2.45) is 0 Å². The molecule has 0 spiro atoms. The van der Waals surface area contributed by atoms with Crippen molar-refractivity contribution in [3.63, 3.8) is 0 Å². The van der Waals surface area contributed by atoms with Gasteiger partial charge in [-0.3, -0.25) is 4.79 Å². The summed E-state index contributed by atoms with van der Waals surface area (Å²) in [7, 11) is -3.57. The lowest BCUT2D eigenvalue weighted by Gasteiger charge is -2.20. The van der Waals surface area contributed by atoms with Gasteiger partial charge < -0.3 is 10.1 Å². The summed E-state index contributed by atoms with van der Waals surface area (Å²) < 4.78 is 30.2. The number of anilines is 1. The van der Waals surface area contributed by atoms with Crippen molar-refractivity contribution in [1.82, 2.24) is 4.31 Å². The summed E-state index contributed by atoms with van der Waals surface area (Å²) in [6.45, 7) is 3.54. The molecule has 2 aromatic rings. The first-order chi connectivity index (χ1) is 13.2. The lowest BCUT2D eigenvalue weighted by atomic mass is 10.1. The standard InChI is InChI=1S/C20H24N2O5S/c1-4-27-20(24)17-10-11-18(15(2)12-17)21-19(23)14-22(28(3,25)26)13-16-8-6-5-7-9-16/h5-12H,4,13-14H2,1-3H3,(H,21,23). The Bertz CT molecular complexity index is 942. The van der Waals surface area contributed by atoms with Gasteiger partial charge in [-0.2, -0.15) is 4.31 Å². The van der Waals surface area contributed by atoms with Crippen LogP contribution in [0.5, 0.6) is 0 Å². The number of amides is 1. The van der Waals surface area contributed by atoms with Gasteiger partial charge in [0.25, 0.3) is 0 Å². The number of rotatable bonds is 8. The molecule has 0 radical (unpaired) electrons. The molecule has 0 aliphatic heterocycles. The van der Waals surface area contributed by atoms with Crippen molar-refractivity contribution in [3.05, 3.63) is 65.2 Å². The molecule has 1 N–H and O–H groups in total. The van der Waals surface area contributed by atoms with Crippen LogP contribution in [0.2, 0.25) is 0 Å². The van der Waals surface area contributed by atoms with Crippen molar-refractivity contribution in [1.29, 1.82) is 0 Å². The summed E-state index contributed by atoms with van der Waals surface area (Å²) >= 11 is 0. The third kappa shape index (κ3) is 6.17. The van der Waals surface area contributed by atoms with E-state index in [4.69, 9.17) is 4.74 Å². The minimum Gasteiger partial charge on any atom is -0.462 e. The van der Waals surface area contributed by atoms with Gasteiger partial charge in [0.1, 0.15) is 0 Å². The number of hydrogen-bond donors (Lipinski definition) is 1. The first-order valence-corrected chi connectivity index (χ1v) is 10.6. The molecular formula is C20H24N2O5S. The number of carbonyl (C=O) groups is 2. The predicted molar refractivity (Wildman–Crippen MR) is 107 cm³/mol. The molecular weight excluding hydrogens is 380 g/mol. The van der Waals surface area contributed by atoms with Gasteiger partial charge in [0.05, 0.1) is 25.0 Å². The minimum absolute atomic E-state index is 0.105. The van der Waals surface area contributed by atoms with Crippen LogP contribution >= 0.6 is 0 Å². The number of nitrogens with zero attached hydrogens (tertiary/aromatic N) is 1. The number of nitrogens with one attached hydrogen (secondary N) is 1. The molecule has 0 aromatic heterocycles. The predicted octanol–water partition coefficient (Wildman–Crippen LogP) is 2.57. The number of benzene rings is 2. The Morgan fingerprint density at radius 1 is 1.11 bits per heavy atom. The Kier molecular flexibility index (Phi) is 7.31. The third-order valence-corrected chi connectivity index (χ3v) is 5.20. The highest BCUT2D eigenvalue weighted by Gasteiger charge is 2.21. The Balaban J connectivity index is 2.09. The van der Waals surface area contributed by atoms with Gasteiger partial charge in [0, 0.05) is 12.2 Å². The van der Waals surface area contributed by atoms with Gasteiger partial charge in [-0.15, -0.1) is 0 Å². The maximum Gasteiger partial charge on any atom is 0.338 e. The molecule has 0 saturated heterocycles. The van der Waals surface area contributed by atoms with Gasteiger partial charge in [-0.25, -0.2) is 13.2 Å². The highest BCUT2D eigenvalue weighted by Crippen LogP contribution is 2.18. The second kappa shape index (κ2) is 9.48. The lowest BCUT2D eigenvalue weighted by Crippen LogP contribution is -2.37. The van der Waals surface area contributed by atoms with Crippen LogP contribution in [0.1, 0.15) is 28.4 Å². The Morgan fingerprint density at radius 3 is 2.36 bits per heavy atom. The van der Waals surface area contributed by atoms with Crippen LogP contribution in [0.25, 0.3) is 0 Å². The molecule has 0 saturated carbocycles. The molecule has 2 rings (SSSR count). The molecule has 0 fully saturated rings. The first-order valence-electron chi connectivity index (χ1n) is 8.77. The lowest BCUT2D eigenvalue weighted by molar-refractivity contribution is -0.116. The second-order valence-electron chi connectivity index (χ2n) is 6.31. The molecule has 1 amide bonds. The van der Waals surface area contributed by atoms with E-state index in [9.17, 15) is 18.0 Å². The molecule has 8 heteroatoms. The van der Waals surface area contributed by atoms with E-state index in [1.54, 1.807) is 44.2 Å². The fourth-order valence-corrected chi connectivity index (χ4v) is 3.31. The summed E-state index contributed by atoms with van der Waals surface area (Å²) in [4.78, 5) is 24.2. The average Bonchev–Trinajstić information content (AvgIpc) is 2.63. The van der Waals surface area contributed by atoms with E-state index in [-0.39, 0.29) is 19.7 Å². The summed E-state index contributed by atoms with van der Waals surface area (Å²) in [6, 6.07) is 13.8. The van der Waals surface area contributed by atoms with Gasteiger partial charge in [0.15, 0.2) is 0 Å². The number of sulfonamides is 1. The van der Waals surface area contributed by atoms with Crippen molar-refractivity contribution >= 4 is 27.6 Å². The molecule has 0 aliphatic rings. The average molecular weight is 404 g/mol. The normalized spacial score (nSPS) is 11.3. The Labute approximate surface area is 165 Å². The van der Waals surface area contributed by atoms with Crippen molar-refractivity contribution < 1.29 is 22.7 Å². The third-order valence-electron chi connectivity index (χ3n) is 4.00. The maximum atomic E-state index is 12.4. The van der Waals surface area contributed by atoms with E-state index in [1.165, 1.54) is 0 Å². The molecule has 0 unspecified atom stereocenters. The van der Waals surface area contributed by atoms with Gasteiger partial charge in [-0.1, -0.05) is 30.3 Å². The number of aryl methyl sites for hydroxylation is 1. The zero-order chi connectivity index (χ0) is 20.7. The SMILES string of the molecule is CCOC(=O)c1ccc(NC(=O)CN(Cc2ccccc2)S(C)(=O)=O)c(C)c1. The Morgan fingerprint density at radius 2 is 1.79 bits per heavy atom. The molecule has 28 heavy (non-hydrogen) atoms. The van der Waals surface area contributed by atoms with Crippen LogP contribution in [0.15, 0.2) is 48.5 Å². The number of ether oxygens (including phenoxy) is 1. The van der Waals surface area contributed by atoms with E-state index in [2.05, 4.69) is 5.32 Å². The molecule has 150 valence electrons. The van der Waals surface area contributed by atoms with Crippen LogP contribution in [0, 0.1) is 6.92 Å². The number of hydrogen-bond acceptors (Lipinski definition) is 5. The zero-order valence-electron chi connectivity index (χ0n) is 16.1. The quantitative estimate of drug-likeness (QED) is 0.683. The molecule has 7 nitrogen and oxygen atoms in total. The highest BCUT2D eigenvalue weighted by molar-refractivity contribution is 7.88. The van der Waals surface area contributed by atoms with E-state index in [1.807, 2.05) is 18.2 Å². The zero-order valence-corrected chi connectivity index (χ0v) is 17.0. The largest absolute Gasteiger partial charge is 0.462 e. The topological polar surface area (TPSA) is 92.8 Å². The Hall–Kier alpha value is -2.71.